The van der Waals surface area contributed by atoms with Crippen molar-refractivity contribution in [3.8, 4) is 17.1 Å². The van der Waals surface area contributed by atoms with Crippen LogP contribution in [0, 0.1) is 7.14 Å². The highest BCUT2D eigenvalue weighted by Gasteiger charge is 2.31. The largest absolute Gasteiger partial charge is 0.482 e. The summed E-state index contributed by atoms with van der Waals surface area (Å²) in [4.78, 5) is 30.2. The van der Waals surface area contributed by atoms with Crippen LogP contribution in [0.3, 0.4) is 0 Å². The van der Waals surface area contributed by atoms with Crippen LogP contribution >= 0.6 is 45.2 Å². The van der Waals surface area contributed by atoms with Crippen LogP contribution in [0.4, 0.5) is 18.9 Å². The smallest absolute Gasteiger partial charge is 0.416 e. The van der Waals surface area contributed by atoms with Gasteiger partial charge in [-0.25, -0.2) is 4.98 Å². The summed E-state index contributed by atoms with van der Waals surface area (Å²) in [6.45, 7) is -0.202. The summed E-state index contributed by atoms with van der Waals surface area (Å²) < 4.78 is 48.5. The minimum Gasteiger partial charge on any atom is -0.482 e. The van der Waals surface area contributed by atoms with Gasteiger partial charge in [-0.2, -0.15) is 22.9 Å². The molecule has 5 rings (SSSR count). The van der Waals surface area contributed by atoms with Gasteiger partial charge in [-0.1, -0.05) is 42.5 Å². The molecule has 12 heteroatoms. The van der Waals surface area contributed by atoms with Gasteiger partial charge in [0.1, 0.15) is 5.75 Å². The number of hydrogen-bond acceptors (Lipinski definition) is 5. The van der Waals surface area contributed by atoms with E-state index in [-0.39, 0.29) is 29.3 Å². The molecule has 0 saturated heterocycles. The van der Waals surface area contributed by atoms with Gasteiger partial charge in [-0.05, 0) is 99.3 Å². The maximum atomic E-state index is 13.4. The Morgan fingerprint density at radius 1 is 0.952 bits per heavy atom. The maximum Gasteiger partial charge on any atom is 0.416 e. The number of benzene rings is 4. The molecule has 1 N–H and O–H groups in total. The van der Waals surface area contributed by atoms with Crippen molar-refractivity contribution in [3.63, 3.8) is 0 Å². The average Bonchev–Trinajstić information content (AvgIpc) is 2.96. The second kappa shape index (κ2) is 12.6. The molecule has 5 aromatic rings. The van der Waals surface area contributed by atoms with E-state index < -0.39 is 17.3 Å². The van der Waals surface area contributed by atoms with E-state index in [1.54, 1.807) is 48.5 Å². The zero-order valence-corrected chi connectivity index (χ0v) is 25.7. The third-order valence-corrected chi connectivity index (χ3v) is 7.55. The van der Waals surface area contributed by atoms with Crippen LogP contribution in [-0.2, 0) is 11.0 Å². The molecular formula is C30H19F3I2N4O3. The van der Waals surface area contributed by atoms with Gasteiger partial charge in [0.15, 0.2) is 12.4 Å². The van der Waals surface area contributed by atoms with Crippen molar-refractivity contribution in [2.45, 2.75) is 6.18 Å². The number of carbonyl (C=O) groups is 1. The fourth-order valence-electron chi connectivity index (χ4n) is 4.02. The van der Waals surface area contributed by atoms with Crippen LogP contribution in [0.15, 0.2) is 101 Å². The number of para-hydroxylation sites is 2. The molecule has 0 aliphatic rings. The molecule has 0 unspecified atom stereocenters. The molecule has 0 aliphatic carbocycles. The zero-order valence-electron chi connectivity index (χ0n) is 21.4. The van der Waals surface area contributed by atoms with Crippen molar-refractivity contribution in [1.82, 2.24) is 9.66 Å². The third kappa shape index (κ3) is 6.81. The van der Waals surface area contributed by atoms with Crippen molar-refractivity contribution in [2.75, 3.05) is 11.9 Å². The highest BCUT2D eigenvalue weighted by molar-refractivity contribution is 14.1. The lowest BCUT2D eigenvalue weighted by molar-refractivity contribution is -0.137. The molecule has 0 atom stereocenters. The molecule has 0 aliphatic heterocycles. The molecule has 0 bridgehead atoms. The van der Waals surface area contributed by atoms with Crippen LogP contribution in [-0.4, -0.2) is 28.4 Å². The number of halogens is 5. The van der Waals surface area contributed by atoms with E-state index in [2.05, 4.69) is 60.6 Å². The number of nitrogens with zero attached hydrogens (tertiary/aromatic N) is 3. The van der Waals surface area contributed by atoms with E-state index in [0.29, 0.717) is 29.7 Å². The van der Waals surface area contributed by atoms with Crippen molar-refractivity contribution in [3.05, 3.63) is 120 Å². The number of amides is 1. The Morgan fingerprint density at radius 2 is 1.64 bits per heavy atom. The summed E-state index contributed by atoms with van der Waals surface area (Å²) in [5, 5.41) is 7.38. The van der Waals surface area contributed by atoms with Crippen LogP contribution < -0.4 is 15.6 Å². The first kappa shape index (κ1) is 29.7. The van der Waals surface area contributed by atoms with E-state index in [1.165, 1.54) is 18.3 Å². The fraction of sp³-hybridized carbons (Fsp3) is 0.0667. The normalized spacial score (nSPS) is 11.6. The van der Waals surface area contributed by atoms with Gasteiger partial charge in [-0.15, -0.1) is 0 Å². The molecule has 0 fully saturated rings. The fourth-order valence-corrected chi connectivity index (χ4v) is 6.15. The Kier molecular flexibility index (Phi) is 8.91. The van der Waals surface area contributed by atoms with Gasteiger partial charge in [0.05, 0.1) is 29.8 Å². The highest BCUT2D eigenvalue weighted by atomic mass is 127. The molecule has 4 aromatic carbocycles. The zero-order chi connectivity index (χ0) is 29.9. The molecule has 212 valence electrons. The molecule has 1 heterocycles. The summed E-state index contributed by atoms with van der Waals surface area (Å²) in [5.74, 6) is 0.157. The van der Waals surface area contributed by atoms with Crippen LogP contribution in [0.1, 0.15) is 11.1 Å². The predicted molar refractivity (Wildman–Crippen MR) is 172 cm³/mol. The van der Waals surface area contributed by atoms with E-state index in [9.17, 15) is 22.8 Å². The Labute approximate surface area is 264 Å². The minimum absolute atomic E-state index is 0.0326. The maximum absolute atomic E-state index is 13.4. The molecule has 1 aromatic heterocycles. The van der Waals surface area contributed by atoms with Gasteiger partial charge in [-0.3, -0.25) is 9.59 Å². The molecule has 0 radical (unpaired) electrons. The van der Waals surface area contributed by atoms with Gasteiger partial charge >= 0.3 is 6.18 Å². The van der Waals surface area contributed by atoms with Crippen molar-refractivity contribution >= 4 is 73.9 Å². The van der Waals surface area contributed by atoms with Crippen molar-refractivity contribution < 1.29 is 22.7 Å². The predicted octanol–water partition coefficient (Wildman–Crippen LogP) is 7.19. The first-order chi connectivity index (χ1) is 20.1. The Bertz CT molecular complexity index is 1850. The number of carbonyl (C=O) groups excluding carboxylic acids is 1. The van der Waals surface area contributed by atoms with E-state index in [0.717, 1.165) is 16.8 Å². The van der Waals surface area contributed by atoms with Gasteiger partial charge in [0.2, 0.25) is 0 Å². The molecule has 0 spiro atoms. The third-order valence-electron chi connectivity index (χ3n) is 5.95. The number of fused-ring (bicyclic) bond motifs is 1. The number of hydrogen-bond donors (Lipinski definition) is 1. The van der Waals surface area contributed by atoms with Crippen LogP contribution in [0.5, 0.6) is 5.75 Å². The second-order valence-corrected chi connectivity index (χ2v) is 11.2. The van der Waals surface area contributed by atoms with Gasteiger partial charge in [0.25, 0.3) is 11.5 Å². The van der Waals surface area contributed by atoms with Crippen molar-refractivity contribution in [2.24, 2.45) is 5.10 Å². The number of ether oxygens (including phenoxy) is 1. The SMILES string of the molecule is O=C(COc1c(I)cc(C=Nn2c(-c3cccc(C(F)(F)F)c3)nc3ccccc3c2=O)cc1I)Nc1ccccc1. The molecule has 0 saturated carbocycles. The molecule has 42 heavy (non-hydrogen) atoms. The van der Waals surface area contributed by atoms with Gasteiger partial charge in [0, 0.05) is 11.3 Å². The number of nitrogens with one attached hydrogen (secondary N) is 1. The van der Waals surface area contributed by atoms with Crippen LogP contribution in [0.25, 0.3) is 22.3 Å². The standard InChI is InChI=1S/C30H19F3I2N4O3/c31-30(32,33)20-8-6-7-19(15-20)28-38-25-12-5-4-11-22(25)29(41)39(28)36-16-18-13-23(34)27(24(35)14-18)42-17-26(40)37-21-9-2-1-3-10-21/h1-16H,17H2,(H,37,40). The lowest BCUT2D eigenvalue weighted by atomic mass is 10.1. The number of alkyl halides is 3. The van der Waals surface area contributed by atoms with Crippen LogP contribution in [0.2, 0.25) is 0 Å². The summed E-state index contributed by atoms with van der Waals surface area (Å²) in [7, 11) is 0. The van der Waals surface area contributed by atoms with Gasteiger partial charge < -0.3 is 10.1 Å². The topological polar surface area (TPSA) is 85.6 Å². The lowest BCUT2D eigenvalue weighted by Gasteiger charge is -2.13. The summed E-state index contributed by atoms with van der Waals surface area (Å²) in [6, 6.07) is 23.7. The monoisotopic (exact) mass is 794 g/mol. The Hall–Kier alpha value is -3.79. The number of anilines is 1. The number of aromatic nitrogens is 2. The first-order valence-corrected chi connectivity index (χ1v) is 14.5. The molecule has 7 nitrogen and oxygen atoms in total. The number of rotatable bonds is 7. The van der Waals surface area contributed by atoms with E-state index in [1.807, 2.05) is 18.2 Å². The quantitative estimate of drug-likeness (QED) is 0.140. The molecular weight excluding hydrogens is 775 g/mol. The summed E-state index contributed by atoms with van der Waals surface area (Å²) >= 11 is 4.14. The Morgan fingerprint density at radius 3 is 2.36 bits per heavy atom. The summed E-state index contributed by atoms with van der Waals surface area (Å²) in [6.07, 6.45) is -3.15. The molecule has 1 amide bonds. The van der Waals surface area contributed by atoms with Crippen molar-refractivity contribution in [1.29, 1.82) is 0 Å². The Balaban J connectivity index is 1.46. The average molecular weight is 794 g/mol. The summed E-state index contributed by atoms with van der Waals surface area (Å²) in [5.41, 5.74) is 0.285. The first-order valence-electron chi connectivity index (χ1n) is 12.3. The lowest BCUT2D eigenvalue weighted by Crippen LogP contribution is -2.21. The van der Waals surface area contributed by atoms with E-state index >= 15 is 0 Å². The minimum atomic E-state index is -4.57. The van der Waals surface area contributed by atoms with E-state index in [4.69, 9.17) is 4.74 Å². The second-order valence-electron chi connectivity index (χ2n) is 8.91. The highest BCUT2D eigenvalue weighted by Crippen LogP contribution is 2.32.